The lowest BCUT2D eigenvalue weighted by Gasteiger charge is -2.23. The van der Waals surface area contributed by atoms with Crippen LogP contribution in [0.25, 0.3) is 0 Å². The van der Waals surface area contributed by atoms with E-state index < -0.39 is 18.0 Å². The van der Waals surface area contributed by atoms with Crippen LogP contribution in [0.4, 0.5) is 0 Å². The molecule has 1 fully saturated rings. The Labute approximate surface area is 175 Å². The fourth-order valence-corrected chi connectivity index (χ4v) is 3.33. The van der Waals surface area contributed by atoms with Crippen LogP contribution >= 0.6 is 0 Å². The van der Waals surface area contributed by atoms with Gasteiger partial charge in [0.2, 0.25) is 6.79 Å². The number of ether oxygens (including phenoxy) is 3. The Balaban J connectivity index is 1.48. The summed E-state index contributed by atoms with van der Waals surface area (Å²) in [5.41, 5.74) is 0.440. The smallest absolute Gasteiger partial charge is 0.309 e. The van der Waals surface area contributed by atoms with Crippen molar-refractivity contribution in [1.29, 1.82) is 0 Å². The van der Waals surface area contributed by atoms with Gasteiger partial charge in [-0.3, -0.25) is 14.4 Å². The van der Waals surface area contributed by atoms with Crippen molar-refractivity contribution in [1.82, 2.24) is 20.4 Å². The summed E-state index contributed by atoms with van der Waals surface area (Å²) in [5, 5.41) is 5.14. The summed E-state index contributed by atoms with van der Waals surface area (Å²) in [5.74, 6) is -0.574. The number of hydrogen-bond donors (Lipinski definition) is 2. The van der Waals surface area contributed by atoms with Crippen molar-refractivity contribution in [2.24, 2.45) is 0 Å². The van der Waals surface area contributed by atoms with Crippen molar-refractivity contribution in [3.8, 4) is 11.5 Å². The van der Waals surface area contributed by atoms with Crippen molar-refractivity contribution in [3.63, 3.8) is 0 Å². The fourth-order valence-electron chi connectivity index (χ4n) is 3.33. The highest BCUT2D eigenvalue weighted by atomic mass is 16.7. The molecule has 0 bridgehead atoms. The number of nitrogens with zero attached hydrogens (tertiary/aromatic N) is 2. The van der Waals surface area contributed by atoms with E-state index >= 15 is 0 Å². The SMILES string of the molecule is CCN(CC)CCNC(=O)C(=O)NC[C@H]1OCCN1C(=O)c1ccc2c(c1)OCO2. The zero-order chi connectivity index (χ0) is 21.5. The predicted octanol–water partition coefficient (Wildman–Crippen LogP) is -0.212. The van der Waals surface area contributed by atoms with Crippen molar-refractivity contribution < 1.29 is 28.6 Å². The highest BCUT2D eigenvalue weighted by Gasteiger charge is 2.32. The van der Waals surface area contributed by atoms with Crippen LogP contribution in [0.5, 0.6) is 11.5 Å². The number of amides is 3. The highest BCUT2D eigenvalue weighted by Crippen LogP contribution is 2.33. The maximum absolute atomic E-state index is 12.9. The molecule has 2 heterocycles. The number of hydrogen-bond acceptors (Lipinski definition) is 7. The molecule has 30 heavy (non-hydrogen) atoms. The maximum Gasteiger partial charge on any atom is 0.309 e. The molecule has 1 aromatic carbocycles. The van der Waals surface area contributed by atoms with Crippen LogP contribution < -0.4 is 20.1 Å². The van der Waals surface area contributed by atoms with Crippen molar-refractivity contribution in [2.75, 3.05) is 52.7 Å². The van der Waals surface area contributed by atoms with Crippen LogP contribution in [0, 0.1) is 0 Å². The van der Waals surface area contributed by atoms with E-state index in [9.17, 15) is 14.4 Å². The topological polar surface area (TPSA) is 109 Å². The zero-order valence-electron chi connectivity index (χ0n) is 17.3. The largest absolute Gasteiger partial charge is 0.454 e. The lowest BCUT2D eigenvalue weighted by Crippen LogP contribution is -2.48. The van der Waals surface area contributed by atoms with E-state index in [0.717, 1.165) is 13.1 Å². The number of nitrogens with one attached hydrogen (secondary N) is 2. The first kappa shape index (κ1) is 21.8. The maximum atomic E-state index is 12.9. The van der Waals surface area contributed by atoms with Gasteiger partial charge in [0.25, 0.3) is 5.91 Å². The molecule has 0 unspecified atom stereocenters. The first-order valence-electron chi connectivity index (χ1n) is 10.1. The molecule has 0 spiro atoms. The molecular formula is C20H28N4O6. The van der Waals surface area contributed by atoms with Gasteiger partial charge in [0, 0.05) is 25.2 Å². The molecule has 2 aliphatic heterocycles. The Kier molecular flexibility index (Phi) is 7.47. The standard InChI is InChI=1S/C20H28N4O6/c1-3-23(4-2)8-7-21-18(25)19(26)22-12-17-24(9-10-28-17)20(27)14-5-6-15-16(11-14)30-13-29-15/h5-6,11,17H,3-4,7-10,12-13H2,1-2H3,(H,21,25)(H,22,26)/t17-/m1/s1. The third-order valence-corrected chi connectivity index (χ3v) is 5.12. The normalized spacial score (nSPS) is 17.3. The molecule has 3 amide bonds. The monoisotopic (exact) mass is 420 g/mol. The van der Waals surface area contributed by atoms with Gasteiger partial charge in [-0.25, -0.2) is 0 Å². The van der Waals surface area contributed by atoms with Gasteiger partial charge < -0.3 is 34.6 Å². The molecule has 0 radical (unpaired) electrons. The van der Waals surface area contributed by atoms with Gasteiger partial charge >= 0.3 is 11.8 Å². The minimum atomic E-state index is -0.750. The number of benzene rings is 1. The van der Waals surface area contributed by atoms with Gasteiger partial charge in [-0.1, -0.05) is 13.8 Å². The van der Waals surface area contributed by atoms with E-state index in [-0.39, 0.29) is 19.2 Å². The molecule has 0 saturated carbocycles. The highest BCUT2D eigenvalue weighted by molar-refractivity contribution is 6.35. The lowest BCUT2D eigenvalue weighted by atomic mass is 10.1. The summed E-state index contributed by atoms with van der Waals surface area (Å²) in [6, 6.07) is 4.97. The molecule has 0 aliphatic carbocycles. The van der Waals surface area contributed by atoms with Crippen LogP contribution in [-0.4, -0.2) is 86.4 Å². The summed E-state index contributed by atoms with van der Waals surface area (Å²) >= 11 is 0. The van der Waals surface area contributed by atoms with Crippen LogP contribution in [-0.2, 0) is 14.3 Å². The van der Waals surface area contributed by atoms with Gasteiger partial charge in [0.1, 0.15) is 6.23 Å². The summed E-state index contributed by atoms with van der Waals surface area (Å²) < 4.78 is 16.1. The zero-order valence-corrected chi connectivity index (χ0v) is 17.3. The van der Waals surface area contributed by atoms with Gasteiger partial charge in [-0.2, -0.15) is 0 Å². The van der Waals surface area contributed by atoms with Gasteiger partial charge in [-0.15, -0.1) is 0 Å². The second-order valence-corrected chi connectivity index (χ2v) is 6.88. The minimum Gasteiger partial charge on any atom is -0.454 e. The Hall–Kier alpha value is -2.85. The summed E-state index contributed by atoms with van der Waals surface area (Å²) in [6.45, 7) is 7.81. The average molecular weight is 420 g/mol. The molecular weight excluding hydrogens is 392 g/mol. The van der Waals surface area contributed by atoms with Gasteiger partial charge in [0.15, 0.2) is 11.5 Å². The summed E-state index contributed by atoms with van der Waals surface area (Å²) in [4.78, 5) is 40.5. The first-order valence-corrected chi connectivity index (χ1v) is 10.1. The van der Waals surface area contributed by atoms with Crippen molar-refractivity contribution in [3.05, 3.63) is 23.8 Å². The molecule has 1 atom stereocenters. The van der Waals surface area contributed by atoms with Gasteiger partial charge in [0.05, 0.1) is 13.2 Å². The molecule has 1 saturated heterocycles. The fraction of sp³-hybridized carbons (Fsp3) is 0.550. The molecule has 10 nitrogen and oxygen atoms in total. The molecule has 1 aromatic rings. The second kappa shape index (κ2) is 10.3. The molecule has 2 aliphatic rings. The molecule has 2 N–H and O–H groups in total. The van der Waals surface area contributed by atoms with Crippen molar-refractivity contribution in [2.45, 2.75) is 20.1 Å². The van der Waals surface area contributed by atoms with E-state index in [4.69, 9.17) is 14.2 Å². The van der Waals surface area contributed by atoms with E-state index in [1.54, 1.807) is 18.2 Å². The van der Waals surface area contributed by atoms with E-state index in [2.05, 4.69) is 15.5 Å². The molecule has 3 rings (SSSR count). The molecule has 10 heteroatoms. The predicted molar refractivity (Wildman–Crippen MR) is 107 cm³/mol. The third kappa shape index (κ3) is 5.19. The van der Waals surface area contributed by atoms with Crippen LogP contribution in [0.1, 0.15) is 24.2 Å². The number of fused-ring (bicyclic) bond motifs is 1. The minimum absolute atomic E-state index is 0.0264. The second-order valence-electron chi connectivity index (χ2n) is 6.88. The number of rotatable bonds is 8. The Morgan fingerprint density at radius 2 is 1.83 bits per heavy atom. The number of carbonyl (C=O) groups is 3. The summed E-state index contributed by atoms with van der Waals surface area (Å²) in [6.07, 6.45) is -0.643. The van der Waals surface area contributed by atoms with Crippen LogP contribution in [0.15, 0.2) is 18.2 Å². The third-order valence-electron chi connectivity index (χ3n) is 5.12. The Morgan fingerprint density at radius 1 is 1.10 bits per heavy atom. The van der Waals surface area contributed by atoms with E-state index in [1.807, 2.05) is 13.8 Å². The van der Waals surface area contributed by atoms with Crippen LogP contribution in [0.2, 0.25) is 0 Å². The number of carbonyl (C=O) groups excluding carboxylic acids is 3. The number of likely N-dealkylation sites (N-methyl/N-ethyl adjacent to an activating group) is 1. The summed E-state index contributed by atoms with van der Waals surface area (Å²) in [7, 11) is 0. The van der Waals surface area contributed by atoms with Gasteiger partial charge in [-0.05, 0) is 31.3 Å². The first-order chi connectivity index (χ1) is 14.5. The average Bonchev–Trinajstić information content (AvgIpc) is 3.43. The van der Waals surface area contributed by atoms with E-state index in [1.165, 1.54) is 4.90 Å². The molecule has 164 valence electrons. The van der Waals surface area contributed by atoms with Crippen molar-refractivity contribution >= 4 is 17.7 Å². The quantitative estimate of drug-likeness (QED) is 0.560. The Bertz CT molecular complexity index is 783. The van der Waals surface area contributed by atoms with E-state index in [0.29, 0.717) is 43.3 Å². The van der Waals surface area contributed by atoms with Crippen LogP contribution in [0.3, 0.4) is 0 Å². The lowest BCUT2D eigenvalue weighted by molar-refractivity contribution is -0.139. The molecule has 0 aromatic heterocycles. The Morgan fingerprint density at radius 3 is 2.60 bits per heavy atom.